The van der Waals surface area contributed by atoms with Gasteiger partial charge in [-0.3, -0.25) is 14.9 Å². The smallest absolute Gasteiger partial charge is 0.409 e. The molecule has 1 aromatic carbocycles. The molecule has 4 rings (SSSR count). The summed E-state index contributed by atoms with van der Waals surface area (Å²) in [6.45, 7) is 6.97. The number of amides is 2. The van der Waals surface area contributed by atoms with Gasteiger partial charge in [0.2, 0.25) is 5.91 Å². The Kier molecular flexibility index (Phi) is 11.1. The Bertz CT molecular complexity index is 1380. The average molecular weight is 665 g/mol. The Morgan fingerprint density at radius 3 is 2.65 bits per heavy atom. The molecule has 3 heterocycles. The fraction of sp³-hybridized carbons (Fsp3) is 0.606. The van der Waals surface area contributed by atoms with Crippen LogP contribution in [0.25, 0.3) is 0 Å². The van der Waals surface area contributed by atoms with Crippen molar-refractivity contribution in [3.8, 4) is 5.75 Å². The predicted molar refractivity (Wildman–Crippen MR) is 170 cm³/mol. The number of allylic oxidation sites excluding steroid dienone is 3. The highest BCUT2D eigenvalue weighted by Gasteiger charge is 2.64. The topological polar surface area (TPSA) is 156 Å². The van der Waals surface area contributed by atoms with Gasteiger partial charge in [-0.15, -0.1) is 0 Å². The monoisotopic (exact) mass is 664 g/mol. The summed E-state index contributed by atoms with van der Waals surface area (Å²) in [7, 11) is 4.52. The number of rotatable bonds is 6. The fourth-order valence-corrected chi connectivity index (χ4v) is 6.47. The van der Waals surface area contributed by atoms with E-state index in [2.05, 4.69) is 5.32 Å². The summed E-state index contributed by atoms with van der Waals surface area (Å²) in [4.78, 5) is 40.9. The van der Waals surface area contributed by atoms with Crippen molar-refractivity contribution >= 4 is 35.3 Å². The molecular weight excluding hydrogens is 620 g/mol. The van der Waals surface area contributed by atoms with Gasteiger partial charge in [-0.2, -0.15) is 0 Å². The van der Waals surface area contributed by atoms with Crippen molar-refractivity contribution in [2.24, 2.45) is 11.8 Å². The van der Waals surface area contributed by atoms with Gasteiger partial charge in [-0.05, 0) is 43.9 Å². The molecule has 3 aliphatic rings. The summed E-state index contributed by atoms with van der Waals surface area (Å²) in [5.74, 6) is -1.42. The quantitative estimate of drug-likeness (QED) is 0.303. The number of benzene rings is 1. The summed E-state index contributed by atoms with van der Waals surface area (Å²) >= 11 is 6.69. The van der Waals surface area contributed by atoms with Gasteiger partial charge in [-0.25, -0.2) is 4.79 Å². The van der Waals surface area contributed by atoms with Crippen LogP contribution in [0.15, 0.2) is 35.9 Å². The second kappa shape index (κ2) is 14.3. The molecule has 2 saturated heterocycles. The van der Waals surface area contributed by atoms with Crippen molar-refractivity contribution in [2.75, 3.05) is 32.8 Å². The summed E-state index contributed by atoms with van der Waals surface area (Å²) in [5.41, 5.74) is -0.737. The Hall–Kier alpha value is -3.16. The van der Waals surface area contributed by atoms with Gasteiger partial charge in [0, 0.05) is 33.1 Å². The van der Waals surface area contributed by atoms with E-state index in [0.29, 0.717) is 17.9 Å². The molecule has 254 valence electrons. The number of epoxide rings is 1. The number of ether oxygens (including phenoxy) is 5. The molecule has 0 radical (unpaired) electrons. The molecule has 2 fully saturated rings. The average Bonchev–Trinajstić information content (AvgIpc) is 3.70. The molecule has 0 saturated carbocycles. The Morgan fingerprint density at radius 2 is 2.00 bits per heavy atom. The van der Waals surface area contributed by atoms with E-state index in [0.717, 1.165) is 11.1 Å². The SMILES string of the molecule is COc1cc2cc(c1Cl)N(C)C(=O)CC(OC(=O)CC(C)CO)[C@]1(C)O[C@H]1[C@H](C)[C@@H]1C[C@@](O)(NC(=O)O1)[C@H](OC)/C=C\C=C(\C)C2. The molecule has 4 bridgehead atoms. The minimum Gasteiger partial charge on any atom is -0.495 e. The van der Waals surface area contributed by atoms with Gasteiger partial charge < -0.3 is 38.8 Å². The second-order valence-corrected chi connectivity index (χ2v) is 13.1. The van der Waals surface area contributed by atoms with E-state index in [-0.39, 0.29) is 36.8 Å². The summed E-state index contributed by atoms with van der Waals surface area (Å²) in [5, 5.41) is 23.8. The van der Waals surface area contributed by atoms with Gasteiger partial charge in [-0.1, -0.05) is 49.2 Å². The van der Waals surface area contributed by atoms with E-state index in [1.165, 1.54) is 19.1 Å². The Labute approximate surface area is 274 Å². The van der Waals surface area contributed by atoms with Crippen LogP contribution in [0.3, 0.4) is 0 Å². The van der Waals surface area contributed by atoms with Gasteiger partial charge in [0.1, 0.15) is 34.7 Å². The van der Waals surface area contributed by atoms with Crippen LogP contribution in [0.4, 0.5) is 10.5 Å². The fourth-order valence-electron chi connectivity index (χ4n) is 6.16. The highest BCUT2D eigenvalue weighted by molar-refractivity contribution is 6.35. The zero-order valence-corrected chi connectivity index (χ0v) is 28.1. The van der Waals surface area contributed by atoms with Crippen LogP contribution in [0, 0.1) is 11.8 Å². The molecule has 0 aromatic heterocycles. The molecule has 12 nitrogen and oxygen atoms in total. The third-order valence-corrected chi connectivity index (χ3v) is 9.43. The minimum atomic E-state index is -1.79. The molecule has 8 atom stereocenters. The molecule has 13 heteroatoms. The van der Waals surface area contributed by atoms with E-state index < -0.39 is 59.6 Å². The number of hydrogen-bond acceptors (Lipinski definition) is 10. The molecule has 0 spiro atoms. The third kappa shape index (κ3) is 7.69. The normalized spacial score (nSPS) is 34.3. The molecule has 3 aliphatic heterocycles. The largest absolute Gasteiger partial charge is 0.495 e. The third-order valence-electron chi connectivity index (χ3n) is 9.05. The molecule has 3 N–H and O–H groups in total. The van der Waals surface area contributed by atoms with Gasteiger partial charge >= 0.3 is 12.1 Å². The van der Waals surface area contributed by atoms with E-state index in [1.54, 1.807) is 45.2 Å². The van der Waals surface area contributed by atoms with Gasteiger partial charge in [0.15, 0.2) is 5.72 Å². The highest BCUT2D eigenvalue weighted by atomic mass is 35.5. The lowest BCUT2D eigenvalue weighted by Gasteiger charge is -2.42. The van der Waals surface area contributed by atoms with Crippen LogP contribution in [0.1, 0.15) is 52.5 Å². The van der Waals surface area contributed by atoms with Crippen molar-refractivity contribution in [3.05, 3.63) is 46.5 Å². The lowest BCUT2D eigenvalue weighted by molar-refractivity contribution is -0.155. The Morgan fingerprint density at radius 1 is 1.28 bits per heavy atom. The number of nitrogens with zero attached hydrogens (tertiary/aromatic N) is 1. The number of fused-ring (bicyclic) bond motifs is 5. The number of anilines is 1. The summed E-state index contributed by atoms with van der Waals surface area (Å²) < 4.78 is 28.8. The lowest BCUT2D eigenvalue weighted by Crippen LogP contribution is -2.63. The first-order chi connectivity index (χ1) is 21.6. The molecule has 1 aromatic rings. The lowest BCUT2D eigenvalue weighted by atomic mass is 9.83. The molecule has 46 heavy (non-hydrogen) atoms. The van der Waals surface area contributed by atoms with Crippen LogP contribution in [-0.2, 0) is 35.0 Å². The zero-order valence-electron chi connectivity index (χ0n) is 27.4. The molecular formula is C33H45ClN2O10. The Balaban J connectivity index is 1.78. The molecule has 2 unspecified atom stereocenters. The second-order valence-electron chi connectivity index (χ2n) is 12.8. The number of aliphatic hydroxyl groups is 2. The number of aliphatic hydroxyl groups excluding tert-OH is 1. The molecule has 2 amide bonds. The number of carbonyl (C=O) groups excluding carboxylic acids is 3. The van der Waals surface area contributed by atoms with Crippen LogP contribution >= 0.6 is 11.6 Å². The first-order valence-corrected chi connectivity index (χ1v) is 15.7. The predicted octanol–water partition coefficient (Wildman–Crippen LogP) is 3.69. The summed E-state index contributed by atoms with van der Waals surface area (Å²) in [6.07, 6.45) is 1.26. The van der Waals surface area contributed by atoms with Crippen molar-refractivity contribution in [1.29, 1.82) is 0 Å². The number of alkyl carbamates (subject to hydrolysis) is 1. The minimum absolute atomic E-state index is 0.0222. The number of methoxy groups -OCH3 is 2. The van der Waals surface area contributed by atoms with E-state index >= 15 is 0 Å². The zero-order chi connectivity index (χ0) is 34.0. The van der Waals surface area contributed by atoms with Crippen LogP contribution < -0.4 is 15.0 Å². The van der Waals surface area contributed by atoms with E-state index in [9.17, 15) is 24.6 Å². The van der Waals surface area contributed by atoms with E-state index in [1.807, 2.05) is 19.9 Å². The van der Waals surface area contributed by atoms with E-state index in [4.69, 9.17) is 35.3 Å². The highest BCUT2D eigenvalue weighted by Crippen LogP contribution is 2.49. The molecule has 0 aliphatic carbocycles. The van der Waals surface area contributed by atoms with Crippen LogP contribution in [0.5, 0.6) is 5.75 Å². The first-order valence-electron chi connectivity index (χ1n) is 15.3. The van der Waals surface area contributed by atoms with Crippen molar-refractivity contribution in [3.63, 3.8) is 0 Å². The number of halogens is 1. The van der Waals surface area contributed by atoms with Crippen molar-refractivity contribution < 1.29 is 48.3 Å². The maximum atomic E-state index is 13.9. The maximum Gasteiger partial charge on any atom is 0.409 e. The van der Waals surface area contributed by atoms with Crippen molar-refractivity contribution in [1.82, 2.24) is 5.32 Å². The number of esters is 1. The van der Waals surface area contributed by atoms with Crippen LogP contribution in [0.2, 0.25) is 5.02 Å². The number of carbonyl (C=O) groups is 3. The standard InChI is InChI=1S/C33H45ClN2O10/c1-18-9-8-10-25(43-7)33(41)16-24(44-31(40)35-33)20(3)30-32(4,46-30)26(45-28(39)12-19(2)17-37)15-27(38)36(5)22-13-21(11-18)14-23(42-6)29(22)34/h8-10,13-14,19-20,24-26,30,37,41H,11-12,15-17H2,1-7H3,(H,35,40)/b10-8-,18-9-/t19?,20-,24+,25-,26?,30+,32+,33+/m1/s1. The van der Waals surface area contributed by atoms with Gasteiger partial charge in [0.05, 0.1) is 31.7 Å². The first kappa shape index (κ1) is 35.7. The van der Waals surface area contributed by atoms with Crippen molar-refractivity contribution in [2.45, 2.75) is 89.1 Å². The number of nitrogens with one attached hydrogen (secondary N) is 1. The van der Waals surface area contributed by atoms with Crippen LogP contribution in [-0.4, -0.2) is 91.8 Å². The summed E-state index contributed by atoms with van der Waals surface area (Å²) in [6, 6.07) is 3.60. The maximum absolute atomic E-state index is 13.9. The number of hydrogen-bond donors (Lipinski definition) is 3. The van der Waals surface area contributed by atoms with Gasteiger partial charge in [0.25, 0.3) is 0 Å².